The van der Waals surface area contributed by atoms with Gasteiger partial charge in [-0.25, -0.2) is 0 Å². The molecule has 0 spiro atoms. The number of hydrogen-bond acceptors (Lipinski definition) is 2. The summed E-state index contributed by atoms with van der Waals surface area (Å²) in [5.74, 6) is 0.262. The van der Waals surface area contributed by atoms with Gasteiger partial charge in [-0.15, -0.1) is 0 Å². The Bertz CT molecular complexity index is 514. The first-order valence-electron chi connectivity index (χ1n) is 18.5. The molecule has 0 aromatic heterocycles. The number of nitrogens with zero attached hydrogens (tertiary/aromatic N) is 2. The van der Waals surface area contributed by atoms with E-state index in [4.69, 9.17) is 0 Å². The number of carbonyl (C=O) groups is 1. The molecule has 0 aliphatic rings. The van der Waals surface area contributed by atoms with Gasteiger partial charge in [0.2, 0.25) is 5.91 Å². The summed E-state index contributed by atoms with van der Waals surface area (Å²) in [6.07, 6.45) is 42.7. The molecule has 41 heavy (non-hydrogen) atoms. The van der Waals surface area contributed by atoms with Gasteiger partial charge in [-0.1, -0.05) is 161 Å². The monoisotopic (exact) mass is 579 g/mol. The van der Waals surface area contributed by atoms with Crippen molar-refractivity contribution in [2.75, 3.05) is 34.7 Å². The van der Waals surface area contributed by atoms with Crippen LogP contribution in [0.2, 0.25) is 0 Å². The summed E-state index contributed by atoms with van der Waals surface area (Å²) in [7, 11) is 8.00. The highest BCUT2D eigenvalue weighted by atomic mass is 16.2. The Hall–Kier alpha value is -0.830. The maximum atomic E-state index is 11.4. The molecular formula is C38H78N2O. The highest BCUT2D eigenvalue weighted by Crippen LogP contribution is 2.13. The quantitative estimate of drug-likeness (QED) is 0.0625. The van der Waals surface area contributed by atoms with Crippen LogP contribution in [0.15, 0.2) is 12.2 Å². The van der Waals surface area contributed by atoms with Gasteiger partial charge in [0.1, 0.15) is 0 Å². The third-order valence-electron chi connectivity index (χ3n) is 8.11. The minimum absolute atomic E-state index is 0.262. The Morgan fingerprint density at radius 2 is 0.756 bits per heavy atom. The van der Waals surface area contributed by atoms with Crippen molar-refractivity contribution in [3.63, 3.8) is 0 Å². The standard InChI is InChI=1S/C20H39NO.C18H39N/c1-4-5-6-7-8-9-10-11-12-13-14-15-16-17-18-19-20(22)21(2)3;1-4-5-6-7-8-9-10-11-12-13-14-15-16-17-18-19(2)3/h11-12H,4-10,13-19H2,1-3H3;4-18H2,1-3H3. The van der Waals surface area contributed by atoms with Crippen LogP contribution in [0.5, 0.6) is 0 Å². The number of allylic oxidation sites excluding steroid dienone is 2. The summed E-state index contributed by atoms with van der Waals surface area (Å²) in [5.41, 5.74) is 0. The van der Waals surface area contributed by atoms with Gasteiger partial charge < -0.3 is 9.80 Å². The smallest absolute Gasteiger partial charge is 0.222 e. The lowest BCUT2D eigenvalue weighted by molar-refractivity contribution is -0.128. The van der Waals surface area contributed by atoms with Crippen LogP contribution in [0.4, 0.5) is 0 Å². The van der Waals surface area contributed by atoms with Crippen molar-refractivity contribution in [2.24, 2.45) is 0 Å². The number of hydrogen-bond donors (Lipinski definition) is 0. The zero-order valence-corrected chi connectivity index (χ0v) is 29.5. The Morgan fingerprint density at radius 1 is 0.439 bits per heavy atom. The van der Waals surface area contributed by atoms with Crippen LogP contribution in [-0.2, 0) is 4.79 Å². The summed E-state index contributed by atoms with van der Waals surface area (Å²) in [5, 5.41) is 0. The maximum Gasteiger partial charge on any atom is 0.222 e. The minimum Gasteiger partial charge on any atom is -0.349 e. The van der Waals surface area contributed by atoms with E-state index in [9.17, 15) is 4.79 Å². The van der Waals surface area contributed by atoms with E-state index in [1.165, 1.54) is 173 Å². The summed E-state index contributed by atoms with van der Waals surface area (Å²) in [6, 6.07) is 0. The molecule has 0 bridgehead atoms. The van der Waals surface area contributed by atoms with Gasteiger partial charge in [-0.05, 0) is 59.2 Å². The topological polar surface area (TPSA) is 23.6 Å². The third kappa shape index (κ3) is 41.4. The molecule has 0 N–H and O–H groups in total. The molecule has 0 aliphatic carbocycles. The van der Waals surface area contributed by atoms with E-state index in [-0.39, 0.29) is 5.91 Å². The van der Waals surface area contributed by atoms with Crippen LogP contribution in [-0.4, -0.2) is 50.4 Å². The second-order valence-electron chi connectivity index (χ2n) is 13.0. The second kappa shape index (κ2) is 37.2. The zero-order chi connectivity index (χ0) is 30.7. The van der Waals surface area contributed by atoms with Crippen molar-refractivity contribution in [1.29, 1.82) is 0 Å². The zero-order valence-electron chi connectivity index (χ0n) is 29.5. The fourth-order valence-corrected chi connectivity index (χ4v) is 5.19. The fourth-order valence-electron chi connectivity index (χ4n) is 5.19. The molecule has 1 amide bonds. The molecular weight excluding hydrogens is 500 g/mol. The fraction of sp³-hybridized carbons (Fsp3) is 0.921. The molecule has 0 fully saturated rings. The van der Waals surface area contributed by atoms with E-state index in [0.29, 0.717) is 6.42 Å². The number of carbonyl (C=O) groups excluding carboxylic acids is 1. The van der Waals surface area contributed by atoms with Crippen molar-refractivity contribution < 1.29 is 4.79 Å². The molecule has 0 unspecified atom stereocenters. The number of amides is 1. The molecule has 0 saturated carbocycles. The van der Waals surface area contributed by atoms with Crippen molar-refractivity contribution in [3.8, 4) is 0 Å². The Kier molecular flexibility index (Phi) is 38.4. The normalized spacial score (nSPS) is 11.3. The number of rotatable bonds is 30. The highest BCUT2D eigenvalue weighted by molar-refractivity contribution is 5.75. The lowest BCUT2D eigenvalue weighted by Gasteiger charge is -2.09. The van der Waals surface area contributed by atoms with Crippen molar-refractivity contribution in [1.82, 2.24) is 9.80 Å². The largest absolute Gasteiger partial charge is 0.349 e. The van der Waals surface area contributed by atoms with E-state index < -0.39 is 0 Å². The van der Waals surface area contributed by atoms with Crippen LogP contribution in [0.3, 0.4) is 0 Å². The van der Waals surface area contributed by atoms with Gasteiger partial charge in [-0.2, -0.15) is 0 Å². The summed E-state index contributed by atoms with van der Waals surface area (Å²) < 4.78 is 0. The first-order chi connectivity index (χ1) is 20.0. The Balaban J connectivity index is 0. The van der Waals surface area contributed by atoms with Crippen molar-refractivity contribution in [3.05, 3.63) is 12.2 Å². The van der Waals surface area contributed by atoms with Gasteiger partial charge in [-0.3, -0.25) is 4.79 Å². The van der Waals surface area contributed by atoms with Gasteiger partial charge in [0.25, 0.3) is 0 Å². The van der Waals surface area contributed by atoms with Crippen molar-refractivity contribution >= 4 is 5.91 Å². The molecule has 0 aromatic rings. The van der Waals surface area contributed by atoms with E-state index in [0.717, 1.165) is 6.42 Å². The van der Waals surface area contributed by atoms with Crippen LogP contribution < -0.4 is 0 Å². The highest BCUT2D eigenvalue weighted by Gasteiger charge is 2.02. The third-order valence-corrected chi connectivity index (χ3v) is 8.11. The molecule has 0 heterocycles. The minimum atomic E-state index is 0.262. The molecule has 3 heteroatoms. The van der Waals surface area contributed by atoms with Crippen LogP contribution in [0, 0.1) is 0 Å². The van der Waals surface area contributed by atoms with Gasteiger partial charge in [0.15, 0.2) is 0 Å². The van der Waals surface area contributed by atoms with Crippen LogP contribution in [0.25, 0.3) is 0 Å². The molecule has 0 aromatic carbocycles. The molecule has 0 aliphatic heterocycles. The number of unbranched alkanes of at least 4 members (excludes halogenated alkanes) is 24. The van der Waals surface area contributed by atoms with Gasteiger partial charge in [0.05, 0.1) is 0 Å². The average Bonchev–Trinajstić information content (AvgIpc) is 2.95. The van der Waals surface area contributed by atoms with Crippen molar-refractivity contribution in [2.45, 2.75) is 194 Å². The molecule has 0 rings (SSSR count). The molecule has 0 atom stereocenters. The molecule has 246 valence electrons. The maximum absolute atomic E-state index is 11.4. The first-order valence-corrected chi connectivity index (χ1v) is 18.5. The lowest BCUT2D eigenvalue weighted by Crippen LogP contribution is -2.20. The lowest BCUT2D eigenvalue weighted by atomic mass is 10.0. The van der Waals surface area contributed by atoms with E-state index in [2.05, 4.69) is 45.0 Å². The Labute approximate surface area is 260 Å². The predicted octanol–water partition coefficient (Wildman–Crippen LogP) is 12.1. The van der Waals surface area contributed by atoms with Gasteiger partial charge >= 0.3 is 0 Å². The van der Waals surface area contributed by atoms with Gasteiger partial charge in [0, 0.05) is 20.5 Å². The summed E-state index contributed by atoms with van der Waals surface area (Å²) >= 11 is 0. The summed E-state index contributed by atoms with van der Waals surface area (Å²) in [4.78, 5) is 15.4. The molecule has 3 nitrogen and oxygen atoms in total. The van der Waals surface area contributed by atoms with E-state index in [1.54, 1.807) is 4.90 Å². The van der Waals surface area contributed by atoms with Crippen LogP contribution in [0.1, 0.15) is 194 Å². The van der Waals surface area contributed by atoms with E-state index in [1.807, 2.05) is 14.1 Å². The van der Waals surface area contributed by atoms with Crippen LogP contribution >= 0.6 is 0 Å². The predicted molar refractivity (Wildman–Crippen MR) is 187 cm³/mol. The first kappa shape index (κ1) is 42.3. The molecule has 0 saturated heterocycles. The second-order valence-corrected chi connectivity index (χ2v) is 13.0. The summed E-state index contributed by atoms with van der Waals surface area (Å²) in [6.45, 7) is 5.82. The average molecular weight is 579 g/mol. The SMILES string of the molecule is CCCCCCCCC=CCCCCCCCC(=O)N(C)C.CCCCCCCCCCCCCCCCN(C)C. The van der Waals surface area contributed by atoms with E-state index >= 15 is 0 Å². The molecule has 0 radical (unpaired) electrons. The Morgan fingerprint density at radius 3 is 1.10 bits per heavy atom.